The molecule has 6 aliphatic carbocycles. The van der Waals surface area contributed by atoms with Crippen molar-refractivity contribution in [2.45, 2.75) is 36.5 Å². The molecule has 0 nitrogen and oxygen atoms in total. The van der Waals surface area contributed by atoms with Crippen molar-refractivity contribution < 1.29 is 0 Å². The minimum Gasteiger partial charge on any atom is -0.0840 e. The van der Waals surface area contributed by atoms with Gasteiger partial charge in [0.2, 0.25) is 0 Å². The Hall–Kier alpha value is -4.54. The molecular formula is C44H28Cl2. The molecule has 46 heavy (non-hydrogen) atoms. The molecule has 2 heteroatoms. The second-order valence-corrected chi connectivity index (χ2v) is 14.1. The molecule has 6 aromatic carbocycles. The van der Waals surface area contributed by atoms with Gasteiger partial charge in [0.25, 0.3) is 0 Å². The van der Waals surface area contributed by atoms with E-state index in [0.29, 0.717) is 5.02 Å². The highest BCUT2D eigenvalue weighted by Crippen LogP contribution is 2.63. The van der Waals surface area contributed by atoms with Crippen molar-refractivity contribution in [2.75, 3.05) is 0 Å². The van der Waals surface area contributed by atoms with Crippen LogP contribution < -0.4 is 0 Å². The van der Waals surface area contributed by atoms with Crippen LogP contribution in [0.15, 0.2) is 121 Å². The van der Waals surface area contributed by atoms with Crippen LogP contribution >= 0.6 is 23.2 Å². The lowest BCUT2D eigenvalue weighted by Gasteiger charge is -2.51. The highest BCUT2D eigenvalue weighted by Gasteiger charge is 2.55. The molecule has 4 bridgehead atoms. The van der Waals surface area contributed by atoms with Crippen LogP contribution in [-0.2, 0) is 10.8 Å². The van der Waals surface area contributed by atoms with Gasteiger partial charge in [-0.3, -0.25) is 0 Å². The Morgan fingerprint density at radius 3 is 1.33 bits per heavy atom. The summed E-state index contributed by atoms with van der Waals surface area (Å²) in [5.74, 6) is 8.48. The molecule has 0 saturated carbocycles. The fourth-order valence-electron chi connectivity index (χ4n) is 9.66. The maximum Gasteiger partial charge on any atom is 0.109 e. The first-order valence-corrected chi connectivity index (χ1v) is 16.7. The van der Waals surface area contributed by atoms with E-state index in [4.69, 9.17) is 23.2 Å². The zero-order valence-electron chi connectivity index (χ0n) is 25.5. The molecule has 0 fully saturated rings. The summed E-state index contributed by atoms with van der Waals surface area (Å²) in [5.41, 5.74) is 16.2. The van der Waals surface area contributed by atoms with E-state index in [1.54, 1.807) is 0 Å². The predicted octanol–water partition coefficient (Wildman–Crippen LogP) is 10.6. The van der Waals surface area contributed by atoms with Gasteiger partial charge in [-0.25, -0.2) is 0 Å². The van der Waals surface area contributed by atoms with E-state index in [9.17, 15) is 0 Å². The van der Waals surface area contributed by atoms with Crippen molar-refractivity contribution in [2.24, 2.45) is 0 Å². The van der Waals surface area contributed by atoms with Crippen molar-refractivity contribution in [3.05, 3.63) is 209 Å². The maximum atomic E-state index is 7.29. The minimum absolute atomic E-state index is 0.00706. The van der Waals surface area contributed by atoms with Gasteiger partial charge < -0.3 is 0 Å². The second-order valence-electron chi connectivity index (χ2n) is 13.3. The molecule has 0 aromatic heterocycles. The second kappa shape index (κ2) is 9.04. The monoisotopic (exact) mass is 626 g/mol. The van der Waals surface area contributed by atoms with Gasteiger partial charge in [0.1, 0.15) is 10.8 Å². The Balaban J connectivity index is 1.41. The Kier molecular flexibility index (Phi) is 5.24. The fraction of sp³-hybridized carbons (Fsp3) is 0.136. The van der Waals surface area contributed by atoms with Gasteiger partial charge in [0.15, 0.2) is 0 Å². The first-order valence-electron chi connectivity index (χ1n) is 16.0. The molecule has 6 aliphatic rings. The van der Waals surface area contributed by atoms with Gasteiger partial charge in [-0.15, -0.1) is 0 Å². The lowest BCUT2D eigenvalue weighted by atomic mass is 9.50. The van der Waals surface area contributed by atoms with E-state index < -0.39 is 10.8 Å². The first kappa shape index (κ1) is 26.7. The molecule has 0 aliphatic heterocycles. The third-order valence-corrected chi connectivity index (χ3v) is 11.9. The van der Waals surface area contributed by atoms with Crippen LogP contribution in [0.2, 0.25) is 10.0 Å². The van der Waals surface area contributed by atoms with Crippen LogP contribution in [0.4, 0.5) is 0 Å². The Morgan fingerprint density at radius 2 is 0.826 bits per heavy atom. The molecule has 0 N–H and O–H groups in total. The van der Waals surface area contributed by atoms with Crippen molar-refractivity contribution in [3.63, 3.8) is 0 Å². The van der Waals surface area contributed by atoms with Gasteiger partial charge >= 0.3 is 0 Å². The molecular weight excluding hydrogens is 599 g/mol. The average molecular weight is 628 g/mol. The molecule has 12 rings (SSSR count). The van der Waals surface area contributed by atoms with E-state index >= 15 is 0 Å². The van der Waals surface area contributed by atoms with Crippen molar-refractivity contribution in [1.82, 2.24) is 0 Å². The molecule has 6 aromatic rings. The standard InChI is InChI=1S/C44H28Cl2/c1-25-19-20-26(2)41-37(25)38-27-11-3-7-15-31(27)43(41,32-16-8-4-12-28(32)38)23-24-44-33-17-9-5-13-29(33)39(30-14-6-10-18-34(30)44)40-35(45)21-22-36(46)42(40)44/h3-22,38-39H,1-2H3. The van der Waals surface area contributed by atoms with Crippen LogP contribution in [0.5, 0.6) is 0 Å². The summed E-state index contributed by atoms with van der Waals surface area (Å²) >= 11 is 14.4. The molecule has 0 radical (unpaired) electrons. The molecule has 0 spiro atoms. The summed E-state index contributed by atoms with van der Waals surface area (Å²) in [7, 11) is 0. The third-order valence-electron chi connectivity index (χ3n) is 11.3. The summed E-state index contributed by atoms with van der Waals surface area (Å²) in [4.78, 5) is 0. The van der Waals surface area contributed by atoms with Crippen LogP contribution in [0.25, 0.3) is 0 Å². The summed E-state index contributed by atoms with van der Waals surface area (Å²) in [5, 5.41) is 1.45. The average Bonchev–Trinajstić information content (AvgIpc) is 3.10. The first-order chi connectivity index (χ1) is 22.5. The zero-order chi connectivity index (χ0) is 30.9. The number of hydrogen-bond acceptors (Lipinski definition) is 0. The van der Waals surface area contributed by atoms with Gasteiger partial charge in [0.05, 0.1) is 0 Å². The minimum atomic E-state index is -0.802. The van der Waals surface area contributed by atoms with E-state index in [2.05, 4.69) is 135 Å². The SMILES string of the molecule is Cc1ccc(C)c2c1C1c3ccccc3C2(C#CC23c4ccccc4C(c4ccccc42)c2c(Cl)ccc(Cl)c23)c2ccccc21. The maximum absolute atomic E-state index is 7.29. The van der Waals surface area contributed by atoms with Crippen LogP contribution in [0, 0.1) is 25.7 Å². The van der Waals surface area contributed by atoms with Gasteiger partial charge in [0, 0.05) is 27.4 Å². The third kappa shape index (κ3) is 2.96. The number of rotatable bonds is 0. The smallest absolute Gasteiger partial charge is 0.0840 e. The molecule has 0 saturated heterocycles. The Bertz CT molecular complexity index is 2140. The fourth-order valence-corrected chi connectivity index (χ4v) is 10.2. The highest BCUT2D eigenvalue weighted by atomic mass is 35.5. The van der Waals surface area contributed by atoms with Crippen LogP contribution in [-0.4, -0.2) is 0 Å². The molecule has 0 amide bonds. The molecule has 0 heterocycles. The predicted molar refractivity (Wildman–Crippen MR) is 188 cm³/mol. The van der Waals surface area contributed by atoms with E-state index in [1.807, 2.05) is 12.1 Å². The Labute approximate surface area is 279 Å². The quantitative estimate of drug-likeness (QED) is 0.147. The number of halogens is 2. The van der Waals surface area contributed by atoms with Crippen molar-refractivity contribution in [3.8, 4) is 11.8 Å². The summed E-state index contributed by atoms with van der Waals surface area (Å²) < 4.78 is 0. The van der Waals surface area contributed by atoms with Gasteiger partial charge in [-0.2, -0.15) is 0 Å². The zero-order valence-corrected chi connectivity index (χ0v) is 27.0. The molecule has 0 atom stereocenters. The number of aryl methyl sites for hydroxylation is 2. The topological polar surface area (TPSA) is 0 Å². The largest absolute Gasteiger partial charge is 0.109 e. The van der Waals surface area contributed by atoms with Crippen molar-refractivity contribution >= 4 is 23.2 Å². The lowest BCUT2D eigenvalue weighted by Crippen LogP contribution is -2.44. The van der Waals surface area contributed by atoms with Crippen LogP contribution in [0.3, 0.4) is 0 Å². The summed E-state index contributed by atoms with van der Waals surface area (Å²) in [6.07, 6.45) is 0. The highest BCUT2D eigenvalue weighted by molar-refractivity contribution is 6.35. The van der Waals surface area contributed by atoms with Gasteiger partial charge in [-0.1, -0.05) is 144 Å². The van der Waals surface area contributed by atoms with Crippen LogP contribution in [0.1, 0.15) is 89.7 Å². The van der Waals surface area contributed by atoms with Gasteiger partial charge in [-0.05, 0) is 98.3 Å². The van der Waals surface area contributed by atoms with E-state index in [0.717, 1.165) is 16.1 Å². The van der Waals surface area contributed by atoms with E-state index in [1.165, 1.54) is 66.8 Å². The lowest BCUT2D eigenvalue weighted by molar-refractivity contribution is 0.644. The molecule has 0 unspecified atom stereocenters. The van der Waals surface area contributed by atoms with E-state index in [-0.39, 0.29) is 11.8 Å². The number of benzene rings is 6. The Morgan fingerprint density at radius 1 is 0.435 bits per heavy atom. The summed E-state index contributed by atoms with van der Waals surface area (Å²) in [6, 6.07) is 44.0. The number of hydrogen-bond donors (Lipinski definition) is 0. The summed E-state index contributed by atoms with van der Waals surface area (Å²) in [6.45, 7) is 4.52. The molecule has 218 valence electrons. The normalized spacial score (nSPS) is 23.2. The van der Waals surface area contributed by atoms with Crippen molar-refractivity contribution in [1.29, 1.82) is 0 Å².